The van der Waals surface area contributed by atoms with Crippen molar-refractivity contribution in [2.75, 3.05) is 19.8 Å². The molecule has 0 amide bonds. The van der Waals surface area contributed by atoms with Crippen LogP contribution in [0, 0.1) is 0 Å². The summed E-state index contributed by atoms with van der Waals surface area (Å²) in [5, 5.41) is 9.58. The van der Waals surface area contributed by atoms with Gasteiger partial charge in [0.1, 0.15) is 6.10 Å². The highest BCUT2D eigenvalue weighted by molar-refractivity contribution is 5.69. The molecule has 49 heavy (non-hydrogen) atoms. The fraction of sp³-hybridized carbons (Fsp3) is 0.711. The Morgan fingerprint density at radius 3 is 1.27 bits per heavy atom. The summed E-state index contributed by atoms with van der Waals surface area (Å²) < 4.78 is 11.1. The number of unbranched alkanes of at least 4 members (excludes halogenated alkanes) is 17. The second kappa shape index (κ2) is 42.0. The zero-order valence-corrected chi connectivity index (χ0v) is 32.2. The van der Waals surface area contributed by atoms with Gasteiger partial charge in [-0.25, -0.2) is 0 Å². The van der Waals surface area contributed by atoms with Crippen LogP contribution in [0.3, 0.4) is 0 Å². The summed E-state index contributed by atoms with van der Waals surface area (Å²) >= 11 is 0. The summed E-state index contributed by atoms with van der Waals surface area (Å²) in [6.07, 6.45) is 56.8. The van der Waals surface area contributed by atoms with Gasteiger partial charge in [0.25, 0.3) is 0 Å². The number of aliphatic hydroxyl groups excluding tert-OH is 1. The van der Waals surface area contributed by atoms with Crippen molar-refractivity contribution in [2.24, 2.45) is 0 Å². The Hall–Kier alpha value is -2.17. The van der Waals surface area contributed by atoms with Crippen molar-refractivity contribution in [3.8, 4) is 0 Å². The minimum absolute atomic E-state index is 0.204. The van der Waals surface area contributed by atoms with Gasteiger partial charge in [0.2, 0.25) is 0 Å². The average molecular weight is 683 g/mol. The molecule has 0 aliphatic heterocycles. The van der Waals surface area contributed by atoms with Crippen LogP contribution in [0.4, 0.5) is 0 Å². The quantitative estimate of drug-likeness (QED) is 0.0402. The summed E-state index contributed by atoms with van der Waals surface area (Å²) in [6.45, 7) is 5.16. The van der Waals surface area contributed by atoms with Gasteiger partial charge in [-0.3, -0.25) is 4.79 Å². The van der Waals surface area contributed by atoms with Crippen molar-refractivity contribution in [3.63, 3.8) is 0 Å². The Morgan fingerprint density at radius 2 is 0.878 bits per heavy atom. The molecule has 1 atom stereocenters. The zero-order chi connectivity index (χ0) is 35.6. The number of hydrogen-bond donors (Lipinski definition) is 1. The summed E-state index contributed by atoms with van der Waals surface area (Å²) in [4.78, 5) is 12.1. The Balaban J connectivity index is 3.56. The lowest BCUT2D eigenvalue weighted by atomic mass is 10.0. The lowest BCUT2D eigenvalue weighted by Crippen LogP contribution is -2.27. The van der Waals surface area contributed by atoms with E-state index in [1.807, 2.05) is 6.08 Å². The Morgan fingerprint density at radius 1 is 0.510 bits per heavy atom. The monoisotopic (exact) mass is 683 g/mol. The average Bonchev–Trinajstić information content (AvgIpc) is 3.11. The first-order chi connectivity index (χ1) is 24.2. The highest BCUT2D eigenvalue weighted by Gasteiger charge is 2.13. The van der Waals surface area contributed by atoms with E-state index in [2.05, 4.69) is 80.7 Å². The molecule has 0 rings (SSSR count). The van der Waals surface area contributed by atoms with Gasteiger partial charge in [0.05, 0.1) is 13.2 Å². The molecule has 0 heterocycles. The number of allylic oxidation sites excluding steroid dienone is 12. The molecule has 0 spiro atoms. The van der Waals surface area contributed by atoms with Gasteiger partial charge in [0, 0.05) is 13.0 Å². The number of ether oxygens (including phenoxy) is 2. The highest BCUT2D eigenvalue weighted by Crippen LogP contribution is 2.14. The maximum Gasteiger partial charge on any atom is 0.306 e. The van der Waals surface area contributed by atoms with E-state index in [-0.39, 0.29) is 19.2 Å². The predicted octanol–water partition coefficient (Wildman–Crippen LogP) is 13.4. The van der Waals surface area contributed by atoms with Gasteiger partial charge < -0.3 is 14.6 Å². The Labute approximate surface area is 304 Å². The maximum absolute atomic E-state index is 12.1. The van der Waals surface area contributed by atoms with E-state index in [4.69, 9.17) is 9.47 Å². The normalized spacial score (nSPS) is 13.1. The van der Waals surface area contributed by atoms with Crippen molar-refractivity contribution in [1.82, 2.24) is 0 Å². The second-order valence-corrected chi connectivity index (χ2v) is 13.3. The predicted molar refractivity (Wildman–Crippen MR) is 214 cm³/mol. The number of esters is 1. The molecule has 0 fully saturated rings. The highest BCUT2D eigenvalue weighted by atomic mass is 16.6. The van der Waals surface area contributed by atoms with Crippen molar-refractivity contribution < 1.29 is 19.4 Å². The molecule has 0 aliphatic carbocycles. The molecular formula is C45H78O4. The third kappa shape index (κ3) is 40.1. The third-order valence-electron chi connectivity index (χ3n) is 8.56. The summed E-state index contributed by atoms with van der Waals surface area (Å²) in [7, 11) is 0. The molecule has 0 radical (unpaired) electrons. The van der Waals surface area contributed by atoms with Gasteiger partial charge in [-0.15, -0.1) is 0 Å². The largest absolute Gasteiger partial charge is 0.457 e. The van der Waals surface area contributed by atoms with E-state index in [1.165, 1.54) is 109 Å². The molecule has 0 saturated heterocycles. The van der Waals surface area contributed by atoms with Crippen LogP contribution in [-0.2, 0) is 14.3 Å². The second-order valence-electron chi connectivity index (χ2n) is 13.3. The van der Waals surface area contributed by atoms with E-state index in [1.54, 1.807) is 0 Å². The molecule has 0 saturated carbocycles. The molecule has 4 nitrogen and oxygen atoms in total. The topological polar surface area (TPSA) is 55.8 Å². The zero-order valence-electron chi connectivity index (χ0n) is 32.2. The Bertz CT molecular complexity index is 850. The molecule has 0 aromatic rings. The van der Waals surface area contributed by atoms with Crippen molar-refractivity contribution in [1.29, 1.82) is 0 Å². The smallest absolute Gasteiger partial charge is 0.306 e. The first-order valence-corrected chi connectivity index (χ1v) is 20.5. The minimum atomic E-state index is -0.576. The lowest BCUT2D eigenvalue weighted by Gasteiger charge is -2.15. The van der Waals surface area contributed by atoms with Gasteiger partial charge >= 0.3 is 5.97 Å². The minimum Gasteiger partial charge on any atom is -0.457 e. The van der Waals surface area contributed by atoms with Gasteiger partial charge in [-0.2, -0.15) is 0 Å². The summed E-state index contributed by atoms with van der Waals surface area (Å²) in [5.41, 5.74) is 0. The fourth-order valence-electron chi connectivity index (χ4n) is 5.53. The van der Waals surface area contributed by atoms with E-state index < -0.39 is 6.10 Å². The van der Waals surface area contributed by atoms with Crippen LogP contribution in [-0.4, -0.2) is 37.0 Å². The van der Waals surface area contributed by atoms with E-state index >= 15 is 0 Å². The third-order valence-corrected chi connectivity index (χ3v) is 8.56. The van der Waals surface area contributed by atoms with E-state index in [0.717, 1.165) is 44.9 Å². The fourth-order valence-corrected chi connectivity index (χ4v) is 5.53. The van der Waals surface area contributed by atoms with Gasteiger partial charge in [0.15, 0.2) is 0 Å². The molecule has 4 heteroatoms. The molecular weight excluding hydrogens is 604 g/mol. The van der Waals surface area contributed by atoms with Crippen LogP contribution in [0.1, 0.15) is 181 Å². The number of carbonyl (C=O) groups is 1. The summed E-state index contributed by atoms with van der Waals surface area (Å²) in [5.74, 6) is -0.282. The van der Waals surface area contributed by atoms with Crippen molar-refractivity contribution >= 4 is 5.97 Å². The molecule has 282 valence electrons. The lowest BCUT2D eigenvalue weighted by molar-refractivity contribution is -0.154. The van der Waals surface area contributed by atoms with Crippen LogP contribution in [0.2, 0.25) is 0 Å². The first-order valence-electron chi connectivity index (χ1n) is 20.5. The van der Waals surface area contributed by atoms with Crippen molar-refractivity contribution in [3.05, 3.63) is 72.9 Å². The SMILES string of the molecule is CC/C=C\C/C=C\C/C=C\C/C=C\C/C=C\C/C=C\CCC(=O)OC(CO)COCCCCCCCCCCCCCCCCCCCC. The number of rotatable bonds is 37. The molecule has 0 aliphatic rings. The molecule has 1 unspecified atom stereocenters. The first kappa shape index (κ1) is 46.8. The number of aliphatic hydroxyl groups is 1. The molecule has 0 aromatic heterocycles. The van der Waals surface area contributed by atoms with Gasteiger partial charge in [-0.05, 0) is 51.4 Å². The van der Waals surface area contributed by atoms with Crippen LogP contribution in [0.5, 0.6) is 0 Å². The number of carbonyl (C=O) groups excluding carboxylic acids is 1. The molecule has 0 bridgehead atoms. The number of hydrogen-bond acceptors (Lipinski definition) is 4. The van der Waals surface area contributed by atoms with Crippen molar-refractivity contribution in [2.45, 2.75) is 187 Å². The Kier molecular flexibility index (Phi) is 40.1. The van der Waals surface area contributed by atoms with Gasteiger partial charge in [-0.1, -0.05) is 196 Å². The summed E-state index contributed by atoms with van der Waals surface area (Å²) in [6, 6.07) is 0. The van der Waals surface area contributed by atoms with E-state index in [0.29, 0.717) is 19.4 Å². The van der Waals surface area contributed by atoms with Crippen LogP contribution < -0.4 is 0 Å². The van der Waals surface area contributed by atoms with E-state index in [9.17, 15) is 9.90 Å². The van der Waals surface area contributed by atoms with Crippen LogP contribution in [0.25, 0.3) is 0 Å². The molecule has 0 aromatic carbocycles. The molecule has 1 N–H and O–H groups in total. The maximum atomic E-state index is 12.1. The van der Waals surface area contributed by atoms with Crippen LogP contribution in [0.15, 0.2) is 72.9 Å². The standard InChI is InChI=1S/C45H78O4/c1-3-5-7-9-11-13-15-17-19-21-23-24-26-28-30-32-34-36-38-40-45(47)49-44(42-46)43-48-41-39-37-35-33-31-29-27-25-22-20-18-16-14-12-10-8-6-4-2/h5,7,11,13,17,19,23-24,28,30,34,36,44,46H,3-4,6,8-10,12,14-16,18,20-22,25-27,29,31-33,35,37-43H2,1-2H3/b7-5-,13-11-,19-17-,24-23-,30-28-,36-34-. The van der Waals surface area contributed by atoms with Crippen LogP contribution >= 0.6 is 0 Å².